The van der Waals surface area contributed by atoms with Gasteiger partial charge in [-0.25, -0.2) is 9.36 Å². The molecule has 0 amide bonds. The number of methoxy groups -OCH3 is 2. The summed E-state index contributed by atoms with van der Waals surface area (Å²) >= 11 is 1.95. The zero-order chi connectivity index (χ0) is 18.2. The number of benzene rings is 1. The van der Waals surface area contributed by atoms with Gasteiger partial charge in [-0.2, -0.15) is 13.2 Å². The summed E-state index contributed by atoms with van der Waals surface area (Å²) in [6.45, 7) is 0. The highest BCUT2D eigenvalue weighted by Gasteiger charge is 2.35. The normalized spacial score (nSPS) is 11.5. The van der Waals surface area contributed by atoms with Crippen LogP contribution >= 0.6 is 22.6 Å². The zero-order valence-electron chi connectivity index (χ0n) is 12.8. The van der Waals surface area contributed by atoms with Gasteiger partial charge in [0.1, 0.15) is 17.2 Å². The van der Waals surface area contributed by atoms with Crippen LogP contribution in [0.5, 0.6) is 11.5 Å². The number of nitrogens with zero attached hydrogens (tertiary/aromatic N) is 2. The molecule has 0 fully saturated rings. The standard InChI is InChI=1S/C14H12F3IN2O4/c1-19-10(14(15,16)17)6-11(21)20(13(19)22)7-4-8(23-2)12(18)9(5-7)24-3/h4-6H,1-3H3. The molecule has 2 rings (SSSR count). The van der Waals surface area contributed by atoms with Crippen LogP contribution in [0, 0.1) is 3.57 Å². The van der Waals surface area contributed by atoms with Crippen molar-refractivity contribution in [1.82, 2.24) is 9.13 Å². The van der Waals surface area contributed by atoms with Crippen molar-refractivity contribution < 1.29 is 22.6 Å². The molecule has 0 aliphatic rings. The van der Waals surface area contributed by atoms with Crippen LogP contribution in [0.2, 0.25) is 0 Å². The number of halogens is 4. The maximum atomic E-state index is 12.9. The van der Waals surface area contributed by atoms with Crippen molar-refractivity contribution in [3.05, 3.63) is 48.3 Å². The molecule has 10 heteroatoms. The number of rotatable bonds is 3. The minimum Gasteiger partial charge on any atom is -0.495 e. The van der Waals surface area contributed by atoms with Crippen molar-refractivity contribution in [2.45, 2.75) is 6.18 Å². The highest BCUT2D eigenvalue weighted by atomic mass is 127. The first-order valence-electron chi connectivity index (χ1n) is 6.44. The molecule has 2 aromatic rings. The quantitative estimate of drug-likeness (QED) is 0.665. The van der Waals surface area contributed by atoms with E-state index in [9.17, 15) is 22.8 Å². The highest BCUT2D eigenvalue weighted by Crippen LogP contribution is 2.33. The van der Waals surface area contributed by atoms with Gasteiger partial charge >= 0.3 is 11.9 Å². The van der Waals surface area contributed by atoms with E-state index in [0.717, 1.165) is 7.05 Å². The fraction of sp³-hybridized carbons (Fsp3) is 0.286. The monoisotopic (exact) mass is 456 g/mol. The van der Waals surface area contributed by atoms with Crippen LogP contribution in [0.1, 0.15) is 5.69 Å². The number of hydrogen-bond donors (Lipinski definition) is 0. The number of aromatic nitrogens is 2. The lowest BCUT2D eigenvalue weighted by Crippen LogP contribution is -2.40. The second-order valence-electron chi connectivity index (χ2n) is 4.71. The molecule has 0 spiro atoms. The average Bonchev–Trinajstić information content (AvgIpc) is 2.51. The number of alkyl halides is 3. The van der Waals surface area contributed by atoms with Gasteiger partial charge in [0.2, 0.25) is 0 Å². The van der Waals surface area contributed by atoms with Crippen LogP contribution in [0.25, 0.3) is 5.69 Å². The van der Waals surface area contributed by atoms with Gasteiger partial charge in [0, 0.05) is 25.2 Å². The Kier molecular flexibility index (Phi) is 4.97. The van der Waals surface area contributed by atoms with Gasteiger partial charge in [-0.1, -0.05) is 0 Å². The molecule has 0 unspecified atom stereocenters. The second-order valence-corrected chi connectivity index (χ2v) is 5.79. The fourth-order valence-corrected chi connectivity index (χ4v) is 2.87. The highest BCUT2D eigenvalue weighted by molar-refractivity contribution is 14.1. The van der Waals surface area contributed by atoms with Gasteiger partial charge < -0.3 is 9.47 Å². The molecule has 0 aliphatic heterocycles. The minimum atomic E-state index is -4.81. The van der Waals surface area contributed by atoms with Gasteiger partial charge in [0.25, 0.3) is 5.56 Å². The molecule has 1 heterocycles. The molecule has 0 radical (unpaired) electrons. The Morgan fingerprint density at radius 3 is 1.96 bits per heavy atom. The first kappa shape index (κ1) is 18.4. The molecule has 0 aliphatic carbocycles. The van der Waals surface area contributed by atoms with Crippen molar-refractivity contribution >= 4 is 22.6 Å². The van der Waals surface area contributed by atoms with E-state index in [-0.39, 0.29) is 5.69 Å². The van der Waals surface area contributed by atoms with Gasteiger partial charge in [-0.3, -0.25) is 9.36 Å². The summed E-state index contributed by atoms with van der Waals surface area (Å²) in [7, 11) is 3.71. The van der Waals surface area contributed by atoms with E-state index >= 15 is 0 Å². The molecule has 0 bridgehead atoms. The van der Waals surface area contributed by atoms with Crippen LogP contribution in [0.15, 0.2) is 27.8 Å². The lowest BCUT2D eigenvalue weighted by atomic mass is 10.2. The van der Waals surface area contributed by atoms with Crippen LogP contribution in [-0.4, -0.2) is 23.4 Å². The lowest BCUT2D eigenvalue weighted by Gasteiger charge is -2.15. The van der Waals surface area contributed by atoms with E-state index in [1.54, 1.807) is 0 Å². The van der Waals surface area contributed by atoms with Crippen LogP contribution in [0.4, 0.5) is 13.2 Å². The van der Waals surface area contributed by atoms with E-state index in [1.165, 1.54) is 26.4 Å². The van der Waals surface area contributed by atoms with Crippen LogP contribution in [0.3, 0.4) is 0 Å². The van der Waals surface area contributed by atoms with Crippen LogP contribution in [-0.2, 0) is 13.2 Å². The molecular formula is C14H12F3IN2O4. The largest absolute Gasteiger partial charge is 0.495 e. The van der Waals surface area contributed by atoms with Gasteiger partial charge in [-0.15, -0.1) is 0 Å². The molecule has 130 valence electrons. The third-order valence-electron chi connectivity index (χ3n) is 3.30. The summed E-state index contributed by atoms with van der Waals surface area (Å²) in [4.78, 5) is 24.4. The Morgan fingerprint density at radius 1 is 1.04 bits per heavy atom. The van der Waals surface area contributed by atoms with Gasteiger partial charge in [-0.05, 0) is 22.6 Å². The van der Waals surface area contributed by atoms with E-state index in [2.05, 4.69) is 0 Å². The first-order chi connectivity index (χ1) is 11.1. The summed E-state index contributed by atoms with van der Waals surface area (Å²) < 4.78 is 50.5. The van der Waals surface area contributed by atoms with Crippen molar-refractivity contribution in [2.24, 2.45) is 7.05 Å². The van der Waals surface area contributed by atoms with Crippen LogP contribution < -0.4 is 20.7 Å². The predicted molar refractivity (Wildman–Crippen MR) is 88.1 cm³/mol. The zero-order valence-corrected chi connectivity index (χ0v) is 14.9. The average molecular weight is 456 g/mol. The molecule has 0 N–H and O–H groups in total. The van der Waals surface area contributed by atoms with E-state index in [4.69, 9.17) is 9.47 Å². The van der Waals surface area contributed by atoms with Gasteiger partial charge in [0.05, 0.1) is 23.5 Å². The molecule has 24 heavy (non-hydrogen) atoms. The van der Waals surface area contributed by atoms with Crippen molar-refractivity contribution in [2.75, 3.05) is 14.2 Å². The fourth-order valence-electron chi connectivity index (χ4n) is 2.12. The molecular weight excluding hydrogens is 444 g/mol. The lowest BCUT2D eigenvalue weighted by molar-refractivity contribution is -0.144. The number of ether oxygens (including phenoxy) is 2. The molecule has 6 nitrogen and oxygen atoms in total. The smallest absolute Gasteiger partial charge is 0.431 e. The van der Waals surface area contributed by atoms with Crippen molar-refractivity contribution in [3.8, 4) is 17.2 Å². The Balaban J connectivity index is 2.82. The maximum Gasteiger partial charge on any atom is 0.431 e. The summed E-state index contributed by atoms with van der Waals surface area (Å²) in [6, 6.07) is 3.12. The summed E-state index contributed by atoms with van der Waals surface area (Å²) in [5.41, 5.74) is -3.50. The molecule has 1 aromatic carbocycles. The molecule has 0 saturated carbocycles. The maximum absolute atomic E-state index is 12.9. The molecule has 0 saturated heterocycles. The predicted octanol–water partition coefficient (Wildman–Crippen LogP) is 2.18. The SMILES string of the molecule is COc1cc(-n2c(=O)cc(C(F)(F)F)n(C)c2=O)cc(OC)c1I. The third-order valence-corrected chi connectivity index (χ3v) is 4.36. The molecule has 0 atom stereocenters. The topological polar surface area (TPSA) is 62.5 Å². The summed E-state index contributed by atoms with van der Waals surface area (Å²) in [5.74, 6) is 0.637. The minimum absolute atomic E-state index is 0.0449. The van der Waals surface area contributed by atoms with E-state index in [1.807, 2.05) is 22.6 Å². The Morgan fingerprint density at radius 2 is 1.54 bits per heavy atom. The first-order valence-corrected chi connectivity index (χ1v) is 7.51. The Labute approximate surface area is 147 Å². The Bertz CT molecular complexity index is 877. The Hall–Kier alpha value is -1.98. The van der Waals surface area contributed by atoms with E-state index < -0.39 is 23.1 Å². The van der Waals surface area contributed by atoms with Crippen molar-refractivity contribution in [3.63, 3.8) is 0 Å². The number of hydrogen-bond acceptors (Lipinski definition) is 4. The van der Waals surface area contributed by atoms with Gasteiger partial charge in [0.15, 0.2) is 0 Å². The second kappa shape index (κ2) is 6.49. The van der Waals surface area contributed by atoms with Crippen molar-refractivity contribution in [1.29, 1.82) is 0 Å². The summed E-state index contributed by atoms with van der Waals surface area (Å²) in [5, 5.41) is 0. The summed E-state index contributed by atoms with van der Waals surface area (Å²) in [6.07, 6.45) is -4.81. The van der Waals surface area contributed by atoms with E-state index in [0.29, 0.717) is 30.3 Å². The third kappa shape index (κ3) is 3.14. The molecule has 1 aromatic heterocycles.